The van der Waals surface area contributed by atoms with E-state index in [2.05, 4.69) is 22.5 Å². The van der Waals surface area contributed by atoms with Gasteiger partial charge in [0.05, 0.1) is 13.2 Å². The molecule has 5 heteroatoms. The molecule has 2 unspecified atom stereocenters. The lowest BCUT2D eigenvalue weighted by molar-refractivity contribution is -0.122. The van der Waals surface area contributed by atoms with Crippen molar-refractivity contribution in [3.63, 3.8) is 0 Å². The standard InChI is InChI=1S/C12H25N3O2/c1-10-6-11(8-13-7-10)15(2)9-12(16)14-4-5-17-3/h10-11,13H,4-9H2,1-3H3,(H,14,16). The Bertz CT molecular complexity index is 236. The quantitative estimate of drug-likeness (QED) is 0.628. The lowest BCUT2D eigenvalue weighted by Gasteiger charge is -2.34. The average molecular weight is 243 g/mol. The first-order valence-electron chi connectivity index (χ1n) is 6.30. The van der Waals surface area contributed by atoms with Gasteiger partial charge in [-0.2, -0.15) is 0 Å². The highest BCUT2D eigenvalue weighted by molar-refractivity contribution is 5.77. The molecular weight excluding hydrogens is 218 g/mol. The van der Waals surface area contributed by atoms with Crippen LogP contribution in [-0.2, 0) is 9.53 Å². The number of amides is 1. The largest absolute Gasteiger partial charge is 0.383 e. The highest BCUT2D eigenvalue weighted by Gasteiger charge is 2.23. The number of rotatable bonds is 6. The van der Waals surface area contributed by atoms with E-state index >= 15 is 0 Å². The maximum Gasteiger partial charge on any atom is 0.234 e. The molecule has 1 aliphatic heterocycles. The average Bonchev–Trinajstić information content (AvgIpc) is 2.29. The Labute approximate surface area is 104 Å². The molecule has 1 heterocycles. The predicted octanol–water partition coefficient (Wildman–Crippen LogP) is -0.321. The molecule has 0 aromatic rings. The van der Waals surface area contributed by atoms with E-state index in [1.54, 1.807) is 7.11 Å². The molecule has 1 aliphatic rings. The predicted molar refractivity (Wildman–Crippen MR) is 68.0 cm³/mol. The lowest BCUT2D eigenvalue weighted by atomic mass is 9.97. The van der Waals surface area contributed by atoms with Crippen molar-refractivity contribution in [3.8, 4) is 0 Å². The Morgan fingerprint density at radius 2 is 2.29 bits per heavy atom. The number of ether oxygens (including phenoxy) is 1. The van der Waals surface area contributed by atoms with Crippen LogP contribution in [0.1, 0.15) is 13.3 Å². The number of hydrogen-bond donors (Lipinski definition) is 2. The van der Waals surface area contributed by atoms with E-state index in [0.29, 0.717) is 31.7 Å². The van der Waals surface area contributed by atoms with E-state index < -0.39 is 0 Å². The molecule has 17 heavy (non-hydrogen) atoms. The van der Waals surface area contributed by atoms with Crippen molar-refractivity contribution in [1.82, 2.24) is 15.5 Å². The second kappa shape index (κ2) is 7.63. The second-order valence-electron chi connectivity index (χ2n) is 4.91. The number of hydrogen-bond acceptors (Lipinski definition) is 4. The lowest BCUT2D eigenvalue weighted by Crippen LogP contribution is -2.49. The van der Waals surface area contributed by atoms with E-state index in [1.165, 1.54) is 0 Å². The minimum atomic E-state index is 0.0720. The van der Waals surface area contributed by atoms with Gasteiger partial charge >= 0.3 is 0 Å². The molecule has 0 aromatic heterocycles. The van der Waals surface area contributed by atoms with Gasteiger partial charge in [-0.15, -0.1) is 0 Å². The summed E-state index contributed by atoms with van der Waals surface area (Å²) in [6, 6.07) is 0.465. The minimum absolute atomic E-state index is 0.0720. The second-order valence-corrected chi connectivity index (χ2v) is 4.91. The molecule has 1 fully saturated rings. The molecule has 0 aromatic carbocycles. The molecule has 0 bridgehead atoms. The van der Waals surface area contributed by atoms with Gasteiger partial charge in [-0.1, -0.05) is 6.92 Å². The zero-order valence-corrected chi connectivity index (χ0v) is 11.2. The Morgan fingerprint density at radius 3 is 2.94 bits per heavy atom. The van der Waals surface area contributed by atoms with E-state index in [0.717, 1.165) is 19.5 Å². The Kier molecular flexibility index (Phi) is 6.47. The van der Waals surface area contributed by atoms with Crippen LogP contribution in [0.3, 0.4) is 0 Å². The summed E-state index contributed by atoms with van der Waals surface area (Å²) in [4.78, 5) is 13.8. The summed E-state index contributed by atoms with van der Waals surface area (Å²) >= 11 is 0. The topological polar surface area (TPSA) is 53.6 Å². The van der Waals surface area contributed by atoms with Crippen molar-refractivity contribution in [3.05, 3.63) is 0 Å². The normalized spacial score (nSPS) is 24.9. The number of nitrogens with one attached hydrogen (secondary N) is 2. The van der Waals surface area contributed by atoms with Crippen LogP contribution in [0.25, 0.3) is 0 Å². The van der Waals surface area contributed by atoms with Gasteiger partial charge in [0.2, 0.25) is 5.91 Å². The van der Waals surface area contributed by atoms with E-state index in [9.17, 15) is 4.79 Å². The first-order valence-corrected chi connectivity index (χ1v) is 6.30. The van der Waals surface area contributed by atoms with E-state index in [-0.39, 0.29) is 5.91 Å². The Hall–Kier alpha value is -0.650. The van der Waals surface area contributed by atoms with E-state index in [1.807, 2.05) is 7.05 Å². The van der Waals surface area contributed by atoms with Gasteiger partial charge < -0.3 is 15.4 Å². The number of likely N-dealkylation sites (N-methyl/N-ethyl adjacent to an activating group) is 1. The van der Waals surface area contributed by atoms with Gasteiger partial charge in [0.15, 0.2) is 0 Å². The van der Waals surface area contributed by atoms with Gasteiger partial charge in [-0.05, 0) is 25.9 Å². The zero-order chi connectivity index (χ0) is 12.7. The van der Waals surface area contributed by atoms with Crippen molar-refractivity contribution < 1.29 is 9.53 Å². The summed E-state index contributed by atoms with van der Waals surface area (Å²) < 4.78 is 4.89. The van der Waals surface area contributed by atoms with Gasteiger partial charge in [0, 0.05) is 26.2 Å². The molecule has 0 spiro atoms. The smallest absolute Gasteiger partial charge is 0.234 e. The molecule has 0 radical (unpaired) electrons. The zero-order valence-electron chi connectivity index (χ0n) is 11.2. The van der Waals surface area contributed by atoms with Crippen molar-refractivity contribution in [2.24, 2.45) is 5.92 Å². The van der Waals surface area contributed by atoms with Gasteiger partial charge in [-0.25, -0.2) is 0 Å². The molecule has 100 valence electrons. The Morgan fingerprint density at radius 1 is 1.53 bits per heavy atom. The number of piperidine rings is 1. The molecule has 1 rings (SSSR count). The van der Waals surface area contributed by atoms with Crippen molar-refractivity contribution in [2.45, 2.75) is 19.4 Å². The van der Waals surface area contributed by atoms with Crippen LogP contribution in [0.2, 0.25) is 0 Å². The third-order valence-corrected chi connectivity index (χ3v) is 3.19. The first-order chi connectivity index (χ1) is 8.13. The van der Waals surface area contributed by atoms with Crippen LogP contribution in [0.15, 0.2) is 0 Å². The van der Waals surface area contributed by atoms with Crippen LogP contribution in [0.5, 0.6) is 0 Å². The monoisotopic (exact) mass is 243 g/mol. The molecule has 1 amide bonds. The highest BCUT2D eigenvalue weighted by atomic mass is 16.5. The number of methoxy groups -OCH3 is 1. The van der Waals surface area contributed by atoms with Crippen LogP contribution in [0, 0.1) is 5.92 Å². The summed E-state index contributed by atoms with van der Waals surface area (Å²) in [5, 5.41) is 6.24. The minimum Gasteiger partial charge on any atom is -0.383 e. The number of carbonyl (C=O) groups excluding carboxylic acids is 1. The van der Waals surface area contributed by atoms with Gasteiger partial charge in [-0.3, -0.25) is 9.69 Å². The molecule has 5 nitrogen and oxygen atoms in total. The third-order valence-electron chi connectivity index (χ3n) is 3.19. The molecule has 0 saturated carbocycles. The maximum atomic E-state index is 11.6. The Balaban J connectivity index is 2.22. The van der Waals surface area contributed by atoms with Crippen LogP contribution < -0.4 is 10.6 Å². The molecule has 2 atom stereocenters. The van der Waals surface area contributed by atoms with Crippen LogP contribution >= 0.6 is 0 Å². The van der Waals surface area contributed by atoms with Crippen LogP contribution in [-0.4, -0.2) is 63.8 Å². The third kappa shape index (κ3) is 5.48. The summed E-state index contributed by atoms with van der Waals surface area (Å²) in [6.07, 6.45) is 1.16. The van der Waals surface area contributed by atoms with Crippen molar-refractivity contribution >= 4 is 5.91 Å². The van der Waals surface area contributed by atoms with Gasteiger partial charge in [0.25, 0.3) is 0 Å². The number of carbonyl (C=O) groups is 1. The molecule has 0 aliphatic carbocycles. The van der Waals surface area contributed by atoms with Crippen molar-refractivity contribution in [1.29, 1.82) is 0 Å². The fraction of sp³-hybridized carbons (Fsp3) is 0.917. The summed E-state index contributed by atoms with van der Waals surface area (Å²) in [5.74, 6) is 0.760. The maximum absolute atomic E-state index is 11.6. The summed E-state index contributed by atoms with van der Waals surface area (Å²) in [7, 11) is 3.65. The fourth-order valence-corrected chi connectivity index (χ4v) is 2.17. The number of nitrogens with zero attached hydrogens (tertiary/aromatic N) is 1. The SMILES string of the molecule is COCCNC(=O)CN(C)C1CNCC(C)C1. The van der Waals surface area contributed by atoms with Crippen molar-refractivity contribution in [2.75, 3.05) is 46.9 Å². The first kappa shape index (κ1) is 14.4. The summed E-state index contributed by atoms with van der Waals surface area (Å²) in [6.45, 7) is 5.92. The molecule has 1 saturated heterocycles. The molecule has 2 N–H and O–H groups in total. The highest BCUT2D eigenvalue weighted by Crippen LogP contribution is 2.13. The van der Waals surface area contributed by atoms with Gasteiger partial charge in [0.1, 0.15) is 0 Å². The fourth-order valence-electron chi connectivity index (χ4n) is 2.17. The van der Waals surface area contributed by atoms with Crippen LogP contribution in [0.4, 0.5) is 0 Å². The summed E-state index contributed by atoms with van der Waals surface area (Å²) in [5.41, 5.74) is 0. The van der Waals surface area contributed by atoms with E-state index in [4.69, 9.17) is 4.74 Å². The molecular formula is C12H25N3O2.